The number of fused-ring (bicyclic) bond motifs is 13. The molecule has 5 aromatic rings. The Morgan fingerprint density at radius 2 is 1.77 bits per heavy atom. The summed E-state index contributed by atoms with van der Waals surface area (Å²) in [6.07, 6.45) is 0.0366. The van der Waals surface area contributed by atoms with Gasteiger partial charge in [-0.25, -0.2) is 0 Å². The van der Waals surface area contributed by atoms with Gasteiger partial charge in [0.05, 0.1) is 27.7 Å². The van der Waals surface area contributed by atoms with Crippen molar-refractivity contribution in [3.63, 3.8) is 0 Å². The van der Waals surface area contributed by atoms with E-state index in [1.165, 1.54) is 10.9 Å². The van der Waals surface area contributed by atoms with Gasteiger partial charge in [0, 0.05) is 47.1 Å². The van der Waals surface area contributed by atoms with Crippen molar-refractivity contribution in [3.8, 4) is 0 Å². The number of carbonyl (C=O) groups is 1. The lowest BCUT2D eigenvalue weighted by molar-refractivity contribution is -0.206. The summed E-state index contributed by atoms with van der Waals surface area (Å²) in [5.74, 6) is 0.00357. The van der Waals surface area contributed by atoms with Crippen LogP contribution in [0, 0.1) is 0 Å². The lowest BCUT2D eigenvalue weighted by Crippen LogP contribution is -2.59. The first-order valence-electron chi connectivity index (χ1n) is 12.2. The maximum Gasteiger partial charge on any atom is 0.252 e. The monoisotopic (exact) mass is 466 g/mol. The quantitative estimate of drug-likeness (QED) is 0.406. The number of ether oxygens (including phenoxy) is 2. The zero-order chi connectivity index (χ0) is 23.6. The molecule has 35 heavy (non-hydrogen) atoms. The highest BCUT2D eigenvalue weighted by atomic mass is 16.6. The molecule has 0 saturated carbocycles. The van der Waals surface area contributed by atoms with Crippen LogP contribution in [0.5, 0.6) is 0 Å². The Bertz CT molecular complexity index is 1750. The number of nitrogens with one attached hydrogen (secondary N) is 2. The topological polar surface area (TPSA) is 69.5 Å². The molecule has 0 spiro atoms. The highest BCUT2D eigenvalue weighted by Gasteiger charge is 2.52. The minimum Gasteiger partial charge on any atom is -0.375 e. The molecule has 7 nitrogen and oxygen atoms in total. The van der Waals surface area contributed by atoms with Crippen LogP contribution in [0.3, 0.4) is 0 Å². The Morgan fingerprint density at radius 1 is 1.06 bits per heavy atom. The van der Waals surface area contributed by atoms with Gasteiger partial charge in [0.25, 0.3) is 5.91 Å². The number of carbonyl (C=O) groups excluding carboxylic acids is 1. The summed E-state index contributed by atoms with van der Waals surface area (Å²) in [5, 5.41) is 11.0. The second-order valence-electron chi connectivity index (χ2n) is 10.2. The summed E-state index contributed by atoms with van der Waals surface area (Å²) in [5.41, 5.74) is 6.01. The van der Waals surface area contributed by atoms with Gasteiger partial charge in [0.2, 0.25) is 0 Å². The normalized spacial score (nSPS) is 27.3. The summed E-state index contributed by atoms with van der Waals surface area (Å²) in [6, 6.07) is 17.0. The van der Waals surface area contributed by atoms with E-state index < -0.39 is 0 Å². The van der Waals surface area contributed by atoms with Gasteiger partial charge >= 0.3 is 0 Å². The first kappa shape index (κ1) is 19.9. The summed E-state index contributed by atoms with van der Waals surface area (Å²) in [6.45, 7) is 2.83. The highest BCUT2D eigenvalue weighted by molar-refractivity contribution is 6.31. The van der Waals surface area contributed by atoms with Gasteiger partial charge in [-0.3, -0.25) is 10.1 Å². The highest BCUT2D eigenvalue weighted by Crippen LogP contribution is 2.54. The van der Waals surface area contributed by atoms with Gasteiger partial charge in [0.1, 0.15) is 18.6 Å². The van der Waals surface area contributed by atoms with Crippen molar-refractivity contribution < 1.29 is 14.3 Å². The molecule has 3 aliphatic heterocycles. The van der Waals surface area contributed by atoms with Gasteiger partial charge < -0.3 is 23.9 Å². The molecule has 5 heterocycles. The van der Waals surface area contributed by atoms with E-state index in [1.54, 1.807) is 7.11 Å². The molecule has 176 valence electrons. The second kappa shape index (κ2) is 6.43. The van der Waals surface area contributed by atoms with E-state index in [1.807, 2.05) is 7.05 Å². The molecule has 2 N–H and O–H groups in total. The smallest absolute Gasteiger partial charge is 0.252 e. The molecular weight excluding hydrogens is 440 g/mol. The molecular formula is C28H26N4O3. The van der Waals surface area contributed by atoms with Gasteiger partial charge in [-0.1, -0.05) is 36.4 Å². The van der Waals surface area contributed by atoms with E-state index in [4.69, 9.17) is 9.47 Å². The average Bonchev–Trinajstić information content (AvgIpc) is 3.51. The summed E-state index contributed by atoms with van der Waals surface area (Å²) in [4.78, 5) is 13.3. The van der Waals surface area contributed by atoms with Crippen LogP contribution in [0.2, 0.25) is 0 Å². The average molecular weight is 467 g/mol. The minimum atomic E-state index is -0.385. The Hall–Kier alpha value is -3.39. The molecule has 8 rings (SSSR count). The predicted octanol–water partition coefficient (Wildman–Crippen LogP) is 4.35. The molecule has 0 aliphatic carbocycles. The largest absolute Gasteiger partial charge is 0.375 e. The molecule has 0 unspecified atom stereocenters. The molecule has 2 bridgehead atoms. The number of hydrogen-bond donors (Lipinski definition) is 2. The van der Waals surface area contributed by atoms with Crippen molar-refractivity contribution in [2.45, 2.75) is 44.0 Å². The Balaban J connectivity index is 1.72. The van der Waals surface area contributed by atoms with E-state index in [0.29, 0.717) is 6.54 Å². The zero-order valence-electron chi connectivity index (χ0n) is 19.9. The van der Waals surface area contributed by atoms with Crippen molar-refractivity contribution in [3.05, 3.63) is 59.7 Å². The van der Waals surface area contributed by atoms with E-state index in [2.05, 4.69) is 75.2 Å². The van der Waals surface area contributed by atoms with E-state index in [9.17, 15) is 4.79 Å². The molecule has 3 aromatic carbocycles. The van der Waals surface area contributed by atoms with Crippen molar-refractivity contribution >= 4 is 49.5 Å². The number of nitrogens with zero attached hydrogens (tertiary/aromatic N) is 2. The van der Waals surface area contributed by atoms with E-state index >= 15 is 0 Å². The molecule has 0 radical (unpaired) electrons. The van der Waals surface area contributed by atoms with Crippen LogP contribution in [0.1, 0.15) is 35.5 Å². The lowest BCUT2D eigenvalue weighted by Gasteiger charge is -2.48. The molecule has 2 aromatic heterocycles. The fourth-order valence-electron chi connectivity index (χ4n) is 7.36. The van der Waals surface area contributed by atoms with E-state index in [-0.39, 0.29) is 30.0 Å². The van der Waals surface area contributed by atoms with Crippen LogP contribution in [0.25, 0.3) is 43.6 Å². The van der Waals surface area contributed by atoms with Gasteiger partial charge in [-0.2, -0.15) is 0 Å². The number of benzene rings is 3. The van der Waals surface area contributed by atoms with Gasteiger partial charge in [-0.15, -0.1) is 0 Å². The van der Waals surface area contributed by atoms with Crippen LogP contribution in [-0.4, -0.2) is 41.5 Å². The standard InChI is InChI=1S/C28H26N4O3/c1-28-12-19(35-27(29-2)25(28)34-3)31-17-10-6-4-8-14(17)21-22-16(13-30-26(22)33)20-15-9-5-7-11-18(15)32(28)24(20)23(21)31/h4-11,19,25,27,29H,12-13H2,1-3H3,(H,30,33)/t19-,25+,27+,28-/m0/s1. The molecule has 7 heteroatoms. The lowest BCUT2D eigenvalue weighted by atomic mass is 9.85. The van der Waals surface area contributed by atoms with E-state index in [0.717, 1.165) is 50.3 Å². The number of hydrogen-bond acceptors (Lipinski definition) is 4. The van der Waals surface area contributed by atoms with Gasteiger partial charge in [-0.05, 0) is 31.7 Å². The third-order valence-corrected chi connectivity index (χ3v) is 8.63. The van der Waals surface area contributed by atoms with Crippen LogP contribution >= 0.6 is 0 Å². The SMILES string of the molecule is CN[C@@H]1O[C@H]2C[C@@](C)([C@@H]1OC)n1c3ccccc3c3c4c(c5c6ccccc6n2c5c31)C(=O)NC4. The number of amides is 1. The number of aromatic nitrogens is 2. The zero-order valence-corrected chi connectivity index (χ0v) is 19.9. The summed E-state index contributed by atoms with van der Waals surface area (Å²) < 4.78 is 17.7. The third kappa shape index (κ3) is 2.12. The Kier molecular flexibility index (Phi) is 3.65. The maximum absolute atomic E-state index is 13.3. The molecule has 4 atom stereocenters. The van der Waals surface area contributed by atoms with Crippen molar-refractivity contribution in [1.29, 1.82) is 0 Å². The van der Waals surface area contributed by atoms with Crippen LogP contribution < -0.4 is 10.6 Å². The van der Waals surface area contributed by atoms with Crippen molar-refractivity contribution in [2.75, 3.05) is 14.2 Å². The van der Waals surface area contributed by atoms with Crippen molar-refractivity contribution in [2.24, 2.45) is 0 Å². The first-order valence-corrected chi connectivity index (χ1v) is 12.2. The summed E-state index contributed by atoms with van der Waals surface area (Å²) >= 11 is 0. The molecule has 1 fully saturated rings. The first-order chi connectivity index (χ1) is 17.1. The predicted molar refractivity (Wildman–Crippen MR) is 136 cm³/mol. The molecule has 3 aliphatic rings. The maximum atomic E-state index is 13.3. The Morgan fingerprint density at radius 3 is 2.51 bits per heavy atom. The number of methoxy groups -OCH3 is 1. The van der Waals surface area contributed by atoms with Crippen LogP contribution in [0.4, 0.5) is 0 Å². The molecule has 1 amide bonds. The van der Waals surface area contributed by atoms with Crippen molar-refractivity contribution in [1.82, 2.24) is 19.8 Å². The summed E-state index contributed by atoms with van der Waals surface area (Å²) in [7, 11) is 3.70. The fourth-order valence-corrected chi connectivity index (χ4v) is 7.36. The minimum absolute atomic E-state index is 0.00357. The Labute approximate surface area is 201 Å². The number of likely N-dealkylation sites (N-methyl/N-ethyl adjacent to an activating group) is 1. The third-order valence-electron chi connectivity index (χ3n) is 8.63. The van der Waals surface area contributed by atoms with Crippen LogP contribution in [0.15, 0.2) is 48.5 Å². The fraction of sp³-hybridized carbons (Fsp3) is 0.321. The number of rotatable bonds is 2. The molecule has 1 saturated heterocycles. The number of para-hydroxylation sites is 2. The van der Waals surface area contributed by atoms with Crippen LogP contribution in [-0.2, 0) is 21.6 Å². The second-order valence-corrected chi connectivity index (χ2v) is 10.2. The van der Waals surface area contributed by atoms with Gasteiger partial charge in [0.15, 0.2) is 0 Å².